The molecule has 7 rings (SSSR count). The van der Waals surface area contributed by atoms with Gasteiger partial charge in [0.15, 0.2) is 23.0 Å². The largest absolute Gasteiger partial charge is 0.504 e. The molecule has 0 radical (unpaired) electrons. The van der Waals surface area contributed by atoms with E-state index in [9.17, 15) is 20.6 Å². The molecular weight excluding hydrogens is 526 g/mol. The van der Waals surface area contributed by atoms with Crippen LogP contribution < -0.4 is 18.9 Å². The van der Waals surface area contributed by atoms with Gasteiger partial charge in [0, 0.05) is 58.3 Å². The SMILES string of the molecule is COc1c2c(c(O)c3c1CC1[C@H]4c5c(O)c6c(c(OC)c5CC([C@H](C#N)N1C3CO)N4C)CC(C)O6)OC(C)(C)C2. The summed E-state index contributed by atoms with van der Waals surface area (Å²) in [6.45, 7) is 5.60. The van der Waals surface area contributed by atoms with Gasteiger partial charge in [-0.2, -0.15) is 5.26 Å². The first-order valence-electron chi connectivity index (χ1n) is 14.3. The lowest BCUT2D eigenvalue weighted by Crippen LogP contribution is -2.68. The molecule has 0 amide bonds. The van der Waals surface area contributed by atoms with E-state index in [-0.39, 0.29) is 42.3 Å². The first-order chi connectivity index (χ1) is 19.6. The lowest BCUT2D eigenvalue weighted by Gasteiger charge is -2.59. The Kier molecular flexibility index (Phi) is 5.69. The van der Waals surface area contributed by atoms with Gasteiger partial charge in [0.1, 0.15) is 29.2 Å². The Morgan fingerprint density at radius 2 is 1.59 bits per heavy atom. The van der Waals surface area contributed by atoms with Crippen LogP contribution in [0.3, 0.4) is 0 Å². The summed E-state index contributed by atoms with van der Waals surface area (Å²) < 4.78 is 24.3. The van der Waals surface area contributed by atoms with Crippen LogP contribution in [-0.4, -0.2) is 82.8 Å². The minimum atomic E-state index is -0.671. The lowest BCUT2D eigenvalue weighted by atomic mass is 9.71. The topological polar surface area (TPSA) is 128 Å². The average Bonchev–Trinajstić information content (AvgIpc) is 3.48. The molecule has 4 unspecified atom stereocenters. The number of phenolic OH excluding ortho intramolecular Hbond substituents is 2. The third-order valence-corrected chi connectivity index (χ3v) is 9.95. The van der Waals surface area contributed by atoms with E-state index in [0.29, 0.717) is 48.5 Å². The normalized spacial score (nSPS) is 30.6. The highest BCUT2D eigenvalue weighted by Crippen LogP contribution is 2.60. The van der Waals surface area contributed by atoms with E-state index in [4.69, 9.17) is 18.9 Å². The van der Waals surface area contributed by atoms with Gasteiger partial charge in [0.05, 0.1) is 39.0 Å². The highest BCUT2D eigenvalue weighted by molar-refractivity contribution is 5.69. The number of fused-ring (bicyclic) bond motifs is 9. The van der Waals surface area contributed by atoms with Crippen LogP contribution in [0.25, 0.3) is 0 Å². The number of hydrogen-bond acceptors (Lipinski definition) is 10. The van der Waals surface area contributed by atoms with Crippen LogP contribution in [-0.2, 0) is 25.7 Å². The summed E-state index contributed by atoms with van der Waals surface area (Å²) >= 11 is 0. The Labute approximate surface area is 239 Å². The molecule has 0 aliphatic carbocycles. The van der Waals surface area contributed by atoms with Crippen LogP contribution in [0.1, 0.15) is 66.2 Å². The van der Waals surface area contributed by atoms with Gasteiger partial charge in [-0.1, -0.05) is 0 Å². The molecule has 5 heterocycles. The highest BCUT2D eigenvalue weighted by Gasteiger charge is 2.57. The van der Waals surface area contributed by atoms with Crippen molar-refractivity contribution in [2.45, 2.75) is 88.4 Å². The van der Waals surface area contributed by atoms with E-state index in [1.165, 1.54) is 0 Å². The summed E-state index contributed by atoms with van der Waals surface area (Å²) in [6.07, 6.45) is 2.05. The summed E-state index contributed by atoms with van der Waals surface area (Å²) in [6, 6.07) is 0.393. The number of aliphatic hydroxyl groups is 1. The molecule has 0 spiro atoms. The minimum absolute atomic E-state index is 0.00442. The lowest BCUT2D eigenvalue weighted by molar-refractivity contribution is -0.0828. The molecule has 0 aromatic heterocycles. The van der Waals surface area contributed by atoms with Gasteiger partial charge in [-0.05, 0) is 40.7 Å². The number of aromatic hydroxyl groups is 2. The Hall–Kier alpha value is -3.39. The van der Waals surface area contributed by atoms with Crippen LogP contribution in [0.2, 0.25) is 0 Å². The van der Waals surface area contributed by atoms with E-state index >= 15 is 0 Å². The number of phenols is 2. The predicted molar refractivity (Wildman–Crippen MR) is 148 cm³/mol. The third kappa shape index (κ3) is 3.34. The molecular formula is C31H37N3O7. The fraction of sp³-hybridized carbons (Fsp3) is 0.581. The highest BCUT2D eigenvalue weighted by atomic mass is 16.5. The molecule has 1 fully saturated rings. The van der Waals surface area contributed by atoms with Gasteiger partial charge in [-0.15, -0.1) is 0 Å². The molecule has 0 saturated carbocycles. The summed E-state index contributed by atoms with van der Waals surface area (Å²) in [7, 11) is 5.27. The fourth-order valence-corrected chi connectivity index (χ4v) is 8.53. The van der Waals surface area contributed by atoms with Gasteiger partial charge >= 0.3 is 0 Å². The molecule has 6 atom stereocenters. The van der Waals surface area contributed by atoms with Crippen molar-refractivity contribution in [3.63, 3.8) is 0 Å². The number of piperazine rings is 1. The maximum absolute atomic E-state index is 11.8. The van der Waals surface area contributed by atoms with E-state index in [1.807, 2.05) is 27.8 Å². The molecule has 1 saturated heterocycles. The van der Waals surface area contributed by atoms with Crippen molar-refractivity contribution < 1.29 is 34.3 Å². The first kappa shape index (κ1) is 26.5. The molecule has 2 aromatic rings. The van der Waals surface area contributed by atoms with E-state index in [2.05, 4.69) is 15.9 Å². The molecule has 3 N–H and O–H groups in total. The molecule has 2 aromatic carbocycles. The quantitative estimate of drug-likeness (QED) is 0.513. The standard InChI is InChI=1S/C31H37N3O7/c1-13-7-16-27(38-5)15-8-18-20(11-32)34-19(24(33(18)4)23(15)26(37)29(16)40-13)9-14-22(21(34)12-35)25(36)30-17(28(14)39-6)10-31(2,3)41-30/h13,18-21,24,35-37H,7-10,12H2,1-6H3/t13?,18?,19?,20-,21?,24-/m0/s1. The van der Waals surface area contributed by atoms with Gasteiger partial charge in [-0.25, -0.2) is 0 Å². The molecule has 5 aliphatic heterocycles. The summed E-state index contributed by atoms with van der Waals surface area (Å²) in [5, 5.41) is 44.9. The zero-order chi connectivity index (χ0) is 29.1. The minimum Gasteiger partial charge on any atom is -0.504 e. The van der Waals surface area contributed by atoms with Crippen molar-refractivity contribution in [1.29, 1.82) is 5.26 Å². The Morgan fingerprint density at radius 3 is 2.24 bits per heavy atom. The fourth-order valence-electron chi connectivity index (χ4n) is 8.53. The first-order valence-corrected chi connectivity index (χ1v) is 14.3. The number of likely N-dealkylation sites (N-methyl/N-ethyl adjacent to an activating group) is 1. The van der Waals surface area contributed by atoms with Gasteiger partial charge in [0.25, 0.3) is 0 Å². The Bertz CT molecular complexity index is 1510. The van der Waals surface area contributed by atoms with E-state index < -0.39 is 17.7 Å². The van der Waals surface area contributed by atoms with Crippen LogP contribution in [0, 0.1) is 11.3 Å². The second-order valence-electron chi connectivity index (χ2n) is 12.7. The van der Waals surface area contributed by atoms with Crippen molar-refractivity contribution in [2.75, 3.05) is 27.9 Å². The van der Waals surface area contributed by atoms with Crippen molar-refractivity contribution in [1.82, 2.24) is 9.80 Å². The number of ether oxygens (including phenoxy) is 4. The number of rotatable bonds is 3. The molecule has 2 bridgehead atoms. The van der Waals surface area contributed by atoms with E-state index in [0.717, 1.165) is 33.6 Å². The third-order valence-electron chi connectivity index (χ3n) is 9.95. The molecule has 10 nitrogen and oxygen atoms in total. The summed E-state index contributed by atoms with van der Waals surface area (Å²) in [4.78, 5) is 4.24. The number of aliphatic hydroxyl groups excluding tert-OH is 1. The van der Waals surface area contributed by atoms with Crippen molar-refractivity contribution in [2.24, 2.45) is 0 Å². The number of hydrogen-bond donors (Lipinski definition) is 3. The number of benzene rings is 2. The maximum atomic E-state index is 11.8. The summed E-state index contributed by atoms with van der Waals surface area (Å²) in [5.74, 6) is 2.36. The van der Waals surface area contributed by atoms with Crippen LogP contribution >= 0.6 is 0 Å². The zero-order valence-electron chi connectivity index (χ0n) is 24.3. The van der Waals surface area contributed by atoms with Crippen molar-refractivity contribution in [3.05, 3.63) is 33.4 Å². The van der Waals surface area contributed by atoms with Crippen LogP contribution in [0.5, 0.6) is 34.5 Å². The smallest absolute Gasteiger partial charge is 0.169 e. The monoisotopic (exact) mass is 563 g/mol. The second-order valence-corrected chi connectivity index (χ2v) is 12.7. The molecule has 218 valence electrons. The average molecular weight is 564 g/mol. The number of nitrogens with zero attached hydrogens (tertiary/aromatic N) is 3. The predicted octanol–water partition coefficient (Wildman–Crippen LogP) is 2.92. The molecule has 41 heavy (non-hydrogen) atoms. The zero-order valence-corrected chi connectivity index (χ0v) is 24.3. The van der Waals surface area contributed by atoms with Crippen LogP contribution in [0.4, 0.5) is 0 Å². The van der Waals surface area contributed by atoms with Crippen molar-refractivity contribution in [3.8, 4) is 40.6 Å². The Balaban J connectivity index is 1.48. The second kappa shape index (κ2) is 8.81. The van der Waals surface area contributed by atoms with Crippen LogP contribution in [0.15, 0.2) is 0 Å². The Morgan fingerprint density at radius 1 is 0.951 bits per heavy atom. The van der Waals surface area contributed by atoms with E-state index in [1.54, 1.807) is 14.2 Å². The number of nitriles is 1. The molecule has 10 heteroatoms. The van der Waals surface area contributed by atoms with Gasteiger partial charge in [-0.3, -0.25) is 9.80 Å². The van der Waals surface area contributed by atoms with Gasteiger partial charge in [0.2, 0.25) is 0 Å². The van der Waals surface area contributed by atoms with Crippen molar-refractivity contribution >= 4 is 0 Å². The van der Waals surface area contributed by atoms with Gasteiger partial charge < -0.3 is 34.3 Å². The molecule has 5 aliphatic rings. The summed E-state index contributed by atoms with van der Waals surface area (Å²) in [5.41, 5.74) is 4.17. The number of methoxy groups -OCH3 is 2. The maximum Gasteiger partial charge on any atom is 0.169 e.